The van der Waals surface area contributed by atoms with E-state index < -0.39 is 0 Å². The standard InChI is InChI=1S/C18H23N3O2S/c1-13(2)15(21-14-7-4-3-5-8-14)11-19-17(22)12-20-18(23)16-9-6-10-24-16/h3-10,13,15,21H,11-12H2,1-2H3,(H,19,22)(H,20,23). The Balaban J connectivity index is 1.76. The normalized spacial score (nSPS) is 11.8. The first kappa shape index (κ1) is 18.0. The monoisotopic (exact) mass is 345 g/mol. The third-order valence-electron chi connectivity index (χ3n) is 3.60. The number of hydrogen-bond acceptors (Lipinski definition) is 4. The highest BCUT2D eigenvalue weighted by atomic mass is 32.1. The Morgan fingerprint density at radius 3 is 2.42 bits per heavy atom. The number of benzene rings is 1. The van der Waals surface area contributed by atoms with Gasteiger partial charge < -0.3 is 16.0 Å². The molecule has 0 saturated heterocycles. The molecule has 6 heteroatoms. The summed E-state index contributed by atoms with van der Waals surface area (Å²) in [5.41, 5.74) is 1.02. The molecule has 0 fully saturated rings. The lowest BCUT2D eigenvalue weighted by Crippen LogP contribution is -2.43. The van der Waals surface area contributed by atoms with Gasteiger partial charge in [-0.1, -0.05) is 38.1 Å². The first-order valence-corrected chi connectivity index (χ1v) is 8.84. The average Bonchev–Trinajstić information content (AvgIpc) is 3.11. The van der Waals surface area contributed by atoms with Crippen LogP contribution >= 0.6 is 11.3 Å². The van der Waals surface area contributed by atoms with Gasteiger partial charge in [-0.25, -0.2) is 0 Å². The van der Waals surface area contributed by atoms with Gasteiger partial charge in [-0.15, -0.1) is 11.3 Å². The maximum atomic E-state index is 11.9. The molecular formula is C18H23N3O2S. The van der Waals surface area contributed by atoms with E-state index >= 15 is 0 Å². The molecule has 0 aliphatic carbocycles. The molecule has 5 nitrogen and oxygen atoms in total. The molecule has 0 saturated carbocycles. The highest BCUT2D eigenvalue weighted by Gasteiger charge is 2.15. The molecule has 0 spiro atoms. The molecule has 2 rings (SSSR count). The number of thiophene rings is 1. The third kappa shape index (κ3) is 5.70. The molecule has 3 N–H and O–H groups in total. The Bertz CT molecular complexity index is 642. The van der Waals surface area contributed by atoms with Gasteiger partial charge in [0.25, 0.3) is 5.91 Å². The summed E-state index contributed by atoms with van der Waals surface area (Å²) in [6.45, 7) is 4.68. The van der Waals surface area contributed by atoms with Crippen LogP contribution in [0.25, 0.3) is 0 Å². The average molecular weight is 345 g/mol. The summed E-state index contributed by atoms with van der Waals surface area (Å²) in [4.78, 5) is 24.4. The summed E-state index contributed by atoms with van der Waals surface area (Å²) in [5, 5.41) is 10.8. The molecule has 1 aromatic carbocycles. The van der Waals surface area contributed by atoms with Crippen LogP contribution < -0.4 is 16.0 Å². The second kappa shape index (κ2) is 9.08. The number of carbonyl (C=O) groups is 2. The summed E-state index contributed by atoms with van der Waals surface area (Å²) in [5.74, 6) is -0.0606. The van der Waals surface area contributed by atoms with Gasteiger partial charge in [0, 0.05) is 18.3 Å². The van der Waals surface area contributed by atoms with Crippen LogP contribution in [0.4, 0.5) is 5.69 Å². The fourth-order valence-electron chi connectivity index (χ4n) is 2.14. The van der Waals surface area contributed by atoms with E-state index in [4.69, 9.17) is 0 Å². The van der Waals surface area contributed by atoms with Crippen molar-refractivity contribution < 1.29 is 9.59 Å². The number of nitrogens with one attached hydrogen (secondary N) is 3. The first-order chi connectivity index (χ1) is 11.6. The van der Waals surface area contributed by atoms with E-state index in [1.807, 2.05) is 41.8 Å². The second-order valence-electron chi connectivity index (χ2n) is 5.82. The van der Waals surface area contributed by atoms with E-state index in [0.29, 0.717) is 17.3 Å². The minimum atomic E-state index is -0.219. The molecule has 0 bridgehead atoms. The summed E-state index contributed by atoms with van der Waals surface area (Å²) >= 11 is 1.35. The predicted octanol–water partition coefficient (Wildman–Crippen LogP) is 2.73. The van der Waals surface area contributed by atoms with Gasteiger partial charge in [0.2, 0.25) is 5.91 Å². The topological polar surface area (TPSA) is 70.2 Å². The zero-order valence-electron chi connectivity index (χ0n) is 13.9. The van der Waals surface area contributed by atoms with Crippen molar-refractivity contribution in [2.45, 2.75) is 19.9 Å². The molecule has 1 heterocycles. The van der Waals surface area contributed by atoms with Crippen LogP contribution in [0.15, 0.2) is 47.8 Å². The van der Waals surface area contributed by atoms with Gasteiger partial charge >= 0.3 is 0 Å². The van der Waals surface area contributed by atoms with Gasteiger partial charge in [0.15, 0.2) is 0 Å². The maximum absolute atomic E-state index is 11.9. The number of amides is 2. The van der Waals surface area contributed by atoms with E-state index in [1.54, 1.807) is 6.07 Å². The number of para-hydroxylation sites is 1. The van der Waals surface area contributed by atoms with E-state index in [2.05, 4.69) is 29.8 Å². The van der Waals surface area contributed by atoms with E-state index in [9.17, 15) is 9.59 Å². The minimum Gasteiger partial charge on any atom is -0.380 e. The molecular weight excluding hydrogens is 322 g/mol. The van der Waals surface area contributed by atoms with Crippen molar-refractivity contribution in [3.8, 4) is 0 Å². The predicted molar refractivity (Wildman–Crippen MR) is 98.4 cm³/mol. The van der Waals surface area contributed by atoms with Crippen LogP contribution in [0.1, 0.15) is 23.5 Å². The molecule has 24 heavy (non-hydrogen) atoms. The fraction of sp³-hybridized carbons (Fsp3) is 0.333. The van der Waals surface area contributed by atoms with Crippen molar-refractivity contribution >= 4 is 28.8 Å². The molecule has 1 aromatic heterocycles. The SMILES string of the molecule is CC(C)C(CNC(=O)CNC(=O)c1cccs1)Nc1ccccc1. The van der Waals surface area contributed by atoms with Crippen LogP contribution in [0.2, 0.25) is 0 Å². The lowest BCUT2D eigenvalue weighted by Gasteiger charge is -2.24. The third-order valence-corrected chi connectivity index (χ3v) is 4.47. The highest BCUT2D eigenvalue weighted by molar-refractivity contribution is 7.12. The van der Waals surface area contributed by atoms with Crippen molar-refractivity contribution in [2.75, 3.05) is 18.4 Å². The lowest BCUT2D eigenvalue weighted by atomic mass is 10.0. The van der Waals surface area contributed by atoms with E-state index in [-0.39, 0.29) is 24.4 Å². The minimum absolute atomic E-state index is 0.0209. The van der Waals surface area contributed by atoms with Crippen LogP contribution in [0.3, 0.4) is 0 Å². The van der Waals surface area contributed by atoms with Gasteiger partial charge in [-0.2, -0.15) is 0 Å². The molecule has 1 atom stereocenters. The van der Waals surface area contributed by atoms with Crippen molar-refractivity contribution in [3.05, 3.63) is 52.7 Å². The first-order valence-electron chi connectivity index (χ1n) is 7.96. The summed E-state index contributed by atoms with van der Waals surface area (Å²) in [6, 6.07) is 13.6. The highest BCUT2D eigenvalue weighted by Crippen LogP contribution is 2.11. The number of hydrogen-bond donors (Lipinski definition) is 3. The van der Waals surface area contributed by atoms with Crippen molar-refractivity contribution in [1.29, 1.82) is 0 Å². The number of rotatable bonds is 8. The smallest absolute Gasteiger partial charge is 0.261 e. The lowest BCUT2D eigenvalue weighted by molar-refractivity contribution is -0.120. The Kier molecular flexibility index (Phi) is 6.81. The number of carbonyl (C=O) groups excluding carboxylic acids is 2. The zero-order valence-corrected chi connectivity index (χ0v) is 14.7. The van der Waals surface area contributed by atoms with Crippen molar-refractivity contribution in [3.63, 3.8) is 0 Å². The van der Waals surface area contributed by atoms with Crippen LogP contribution in [0.5, 0.6) is 0 Å². The molecule has 128 valence electrons. The van der Waals surface area contributed by atoms with Crippen LogP contribution in [-0.4, -0.2) is 30.9 Å². The van der Waals surface area contributed by atoms with Crippen molar-refractivity contribution in [1.82, 2.24) is 10.6 Å². The second-order valence-corrected chi connectivity index (χ2v) is 6.77. The summed E-state index contributed by atoms with van der Waals surface area (Å²) < 4.78 is 0. The number of anilines is 1. The largest absolute Gasteiger partial charge is 0.380 e. The van der Waals surface area contributed by atoms with Gasteiger partial charge in [0.1, 0.15) is 0 Å². The fourth-order valence-corrected chi connectivity index (χ4v) is 2.78. The van der Waals surface area contributed by atoms with Gasteiger partial charge in [0.05, 0.1) is 11.4 Å². The molecule has 0 radical (unpaired) electrons. The molecule has 0 aliphatic heterocycles. The van der Waals surface area contributed by atoms with Gasteiger partial charge in [-0.05, 0) is 29.5 Å². The summed E-state index contributed by atoms with van der Waals surface area (Å²) in [7, 11) is 0. The summed E-state index contributed by atoms with van der Waals surface area (Å²) in [6.07, 6.45) is 0. The Morgan fingerprint density at radius 2 is 1.79 bits per heavy atom. The molecule has 2 aromatic rings. The van der Waals surface area contributed by atoms with Crippen LogP contribution in [-0.2, 0) is 4.79 Å². The quantitative estimate of drug-likeness (QED) is 0.689. The van der Waals surface area contributed by atoms with Gasteiger partial charge in [-0.3, -0.25) is 9.59 Å². The van der Waals surface area contributed by atoms with E-state index in [1.165, 1.54) is 11.3 Å². The van der Waals surface area contributed by atoms with Crippen molar-refractivity contribution in [2.24, 2.45) is 5.92 Å². The Labute approximate surface area is 146 Å². The maximum Gasteiger partial charge on any atom is 0.261 e. The molecule has 1 unspecified atom stereocenters. The Morgan fingerprint density at radius 1 is 1.04 bits per heavy atom. The zero-order chi connectivity index (χ0) is 17.4. The molecule has 2 amide bonds. The molecule has 0 aliphatic rings. The van der Waals surface area contributed by atoms with Crippen LogP contribution in [0, 0.1) is 5.92 Å². The Hall–Kier alpha value is -2.34. The van der Waals surface area contributed by atoms with E-state index in [0.717, 1.165) is 5.69 Å².